The molecule has 0 atom stereocenters. The van der Waals surface area contributed by atoms with Gasteiger partial charge in [0.25, 0.3) is 0 Å². The van der Waals surface area contributed by atoms with Gasteiger partial charge in [-0.05, 0) is 0 Å². The maximum atomic E-state index is 10.8. The number of esters is 1. The molecular weight excluding hydrogens is 280 g/mol. The van der Waals surface area contributed by atoms with Gasteiger partial charge in [-0.15, -0.1) is 0 Å². The van der Waals surface area contributed by atoms with Gasteiger partial charge in [0, 0.05) is 0 Å². The smallest absolute Gasteiger partial charge is 0.307 e. The minimum absolute atomic E-state index is 0.261. The van der Waals surface area contributed by atoms with Crippen LogP contribution in [-0.2, 0) is 33.2 Å². The Morgan fingerprint density at radius 2 is 1.24 bits per heavy atom. The highest BCUT2D eigenvalue weighted by Crippen LogP contribution is 1.87. The summed E-state index contributed by atoms with van der Waals surface area (Å²) in [6, 6.07) is 0. The average molecular weight is 306 g/mol. The van der Waals surface area contributed by atoms with Crippen LogP contribution in [-0.4, -0.2) is 72.5 Å². The van der Waals surface area contributed by atoms with E-state index in [0.29, 0.717) is 59.5 Å². The highest BCUT2D eigenvalue weighted by Gasteiger charge is 1.99. The minimum atomic E-state index is -0.275. The first kappa shape index (κ1) is 19.9. The van der Waals surface area contributed by atoms with Gasteiger partial charge in [-0.25, -0.2) is 0 Å². The van der Waals surface area contributed by atoms with Gasteiger partial charge < -0.3 is 28.4 Å². The summed E-state index contributed by atoms with van der Waals surface area (Å²) < 4.78 is 30.4. The van der Waals surface area contributed by atoms with Crippen molar-refractivity contribution in [2.24, 2.45) is 0 Å². The van der Waals surface area contributed by atoms with Crippen molar-refractivity contribution >= 4 is 5.97 Å². The summed E-state index contributed by atoms with van der Waals surface area (Å²) >= 11 is 0. The summed E-state index contributed by atoms with van der Waals surface area (Å²) in [7, 11) is 1.35. The Morgan fingerprint density at radius 1 is 0.810 bits per heavy atom. The normalized spacial score (nSPS) is 10.3. The summed E-state index contributed by atoms with van der Waals surface area (Å²) in [5.74, 6) is -0.275. The number of methoxy groups -OCH3 is 1. The van der Waals surface area contributed by atoms with Crippen molar-refractivity contribution in [3.8, 4) is 0 Å². The molecule has 0 aliphatic heterocycles. The summed E-state index contributed by atoms with van der Waals surface area (Å²) in [4.78, 5) is 10.8. The number of hydrogen-bond donors (Lipinski definition) is 0. The van der Waals surface area contributed by atoms with Gasteiger partial charge in [-0.3, -0.25) is 4.79 Å². The van der Waals surface area contributed by atoms with Gasteiger partial charge in [-0.1, -0.05) is 6.58 Å². The predicted molar refractivity (Wildman–Crippen MR) is 76.1 cm³/mol. The summed E-state index contributed by atoms with van der Waals surface area (Å²) in [5.41, 5.74) is 0. The number of rotatable bonds is 16. The monoisotopic (exact) mass is 306 g/mol. The van der Waals surface area contributed by atoms with E-state index in [1.54, 1.807) is 0 Å². The van der Waals surface area contributed by atoms with Crippen LogP contribution in [0.4, 0.5) is 0 Å². The van der Waals surface area contributed by atoms with Gasteiger partial charge in [-0.2, -0.15) is 0 Å². The van der Waals surface area contributed by atoms with Crippen LogP contribution < -0.4 is 0 Å². The fraction of sp³-hybridized carbons (Fsp3) is 0.786. The van der Waals surface area contributed by atoms with Crippen LogP contribution in [0.1, 0.15) is 6.42 Å². The van der Waals surface area contributed by atoms with Crippen LogP contribution in [0.5, 0.6) is 0 Å². The van der Waals surface area contributed by atoms with E-state index < -0.39 is 0 Å². The third-order valence-corrected chi connectivity index (χ3v) is 2.26. The zero-order valence-electron chi connectivity index (χ0n) is 12.7. The molecule has 0 aliphatic carbocycles. The fourth-order valence-electron chi connectivity index (χ4n) is 1.21. The van der Waals surface area contributed by atoms with Gasteiger partial charge in [0.05, 0.1) is 72.6 Å². The van der Waals surface area contributed by atoms with E-state index in [-0.39, 0.29) is 12.4 Å². The maximum absolute atomic E-state index is 10.8. The maximum Gasteiger partial charge on any atom is 0.307 e. The number of carbonyl (C=O) groups excluding carboxylic acids is 1. The van der Waals surface area contributed by atoms with Crippen molar-refractivity contribution in [3.05, 3.63) is 12.8 Å². The average Bonchev–Trinajstić information content (AvgIpc) is 2.50. The topological polar surface area (TPSA) is 72.5 Å². The van der Waals surface area contributed by atoms with E-state index in [9.17, 15) is 4.79 Å². The first-order valence-corrected chi connectivity index (χ1v) is 6.91. The summed E-state index contributed by atoms with van der Waals surface area (Å²) in [6.07, 6.45) is 1.65. The first-order chi connectivity index (χ1) is 10.3. The lowest BCUT2D eigenvalue weighted by Gasteiger charge is -2.07. The van der Waals surface area contributed by atoms with E-state index in [1.807, 2.05) is 0 Å². The van der Waals surface area contributed by atoms with Gasteiger partial charge in [0.2, 0.25) is 0 Å². The molecule has 0 bridgehead atoms. The van der Waals surface area contributed by atoms with Crippen LogP contribution >= 0.6 is 0 Å². The Labute approximate surface area is 126 Å². The van der Waals surface area contributed by atoms with Crippen LogP contribution in [0.25, 0.3) is 0 Å². The van der Waals surface area contributed by atoms with E-state index in [2.05, 4.69) is 11.3 Å². The standard InChI is InChI=1S/C14H26O7/c1-3-17-6-7-19-10-11-21-13-12-20-9-8-18-5-4-14(15)16-2/h3H,1,4-13H2,2H3. The zero-order valence-corrected chi connectivity index (χ0v) is 12.7. The molecule has 7 heteroatoms. The van der Waals surface area contributed by atoms with Crippen molar-refractivity contribution in [1.82, 2.24) is 0 Å². The summed E-state index contributed by atoms with van der Waals surface area (Å²) in [6.45, 7) is 7.77. The third kappa shape index (κ3) is 16.8. The Morgan fingerprint density at radius 3 is 1.67 bits per heavy atom. The van der Waals surface area contributed by atoms with E-state index in [1.165, 1.54) is 13.4 Å². The van der Waals surface area contributed by atoms with Crippen LogP contribution in [0.2, 0.25) is 0 Å². The largest absolute Gasteiger partial charge is 0.499 e. The SMILES string of the molecule is C=COCCOCCOCCOCCOCCC(=O)OC. The second kappa shape index (κ2) is 16.9. The Balaban J connectivity index is 2.99. The van der Waals surface area contributed by atoms with Crippen molar-refractivity contribution in [1.29, 1.82) is 0 Å². The molecule has 0 aromatic rings. The Bertz CT molecular complexity index is 245. The van der Waals surface area contributed by atoms with E-state index >= 15 is 0 Å². The van der Waals surface area contributed by atoms with Crippen molar-refractivity contribution in [3.63, 3.8) is 0 Å². The molecule has 0 unspecified atom stereocenters. The molecule has 0 fully saturated rings. The third-order valence-electron chi connectivity index (χ3n) is 2.26. The van der Waals surface area contributed by atoms with E-state index in [0.717, 1.165) is 0 Å². The lowest BCUT2D eigenvalue weighted by Crippen LogP contribution is -2.13. The Kier molecular flexibility index (Phi) is 16.0. The number of carbonyl (C=O) groups is 1. The highest BCUT2D eigenvalue weighted by molar-refractivity contribution is 5.69. The van der Waals surface area contributed by atoms with Gasteiger partial charge in [0.15, 0.2) is 0 Å². The molecule has 0 amide bonds. The molecule has 0 saturated carbocycles. The van der Waals surface area contributed by atoms with Crippen molar-refractivity contribution in [2.75, 3.05) is 66.6 Å². The molecule has 0 aromatic heterocycles. The minimum Gasteiger partial charge on any atom is -0.499 e. The van der Waals surface area contributed by atoms with Crippen molar-refractivity contribution in [2.45, 2.75) is 6.42 Å². The molecule has 0 radical (unpaired) electrons. The molecule has 0 aliphatic rings. The molecule has 0 rings (SSSR count). The molecule has 124 valence electrons. The lowest BCUT2D eigenvalue weighted by molar-refractivity contribution is -0.141. The van der Waals surface area contributed by atoms with Gasteiger partial charge in [0.1, 0.15) is 6.61 Å². The fourth-order valence-corrected chi connectivity index (χ4v) is 1.21. The molecule has 21 heavy (non-hydrogen) atoms. The molecular formula is C14H26O7. The second-order valence-electron chi connectivity index (χ2n) is 3.81. The molecule has 0 heterocycles. The second-order valence-corrected chi connectivity index (χ2v) is 3.81. The molecule has 0 aromatic carbocycles. The highest BCUT2D eigenvalue weighted by atomic mass is 16.6. The van der Waals surface area contributed by atoms with Crippen molar-refractivity contribution < 1.29 is 33.2 Å². The van der Waals surface area contributed by atoms with Crippen LogP contribution in [0, 0.1) is 0 Å². The van der Waals surface area contributed by atoms with Crippen LogP contribution in [0.3, 0.4) is 0 Å². The van der Waals surface area contributed by atoms with E-state index in [4.69, 9.17) is 23.7 Å². The summed E-state index contributed by atoms with van der Waals surface area (Å²) in [5, 5.41) is 0. The quantitative estimate of drug-likeness (QED) is 0.237. The lowest BCUT2D eigenvalue weighted by atomic mass is 10.5. The van der Waals surface area contributed by atoms with Crippen LogP contribution in [0.15, 0.2) is 12.8 Å². The number of hydrogen-bond acceptors (Lipinski definition) is 7. The molecule has 0 N–H and O–H groups in total. The Hall–Kier alpha value is -1.15. The number of ether oxygens (including phenoxy) is 6. The predicted octanol–water partition coefficient (Wildman–Crippen LogP) is 0.776. The molecule has 7 nitrogen and oxygen atoms in total. The first-order valence-electron chi connectivity index (χ1n) is 6.91. The molecule has 0 spiro atoms. The van der Waals surface area contributed by atoms with Gasteiger partial charge >= 0.3 is 5.97 Å². The molecule has 0 saturated heterocycles. The zero-order chi connectivity index (χ0) is 15.6.